The minimum Gasteiger partial charge on any atom is -0.461 e. The molecule has 0 spiro atoms. The van der Waals surface area contributed by atoms with Crippen molar-refractivity contribution in [3.8, 4) is 11.3 Å². The number of alkyl halides is 1. The molecular formula is C41H34BrN9O9. The van der Waals surface area contributed by atoms with E-state index in [1.165, 1.54) is 48.8 Å². The molecule has 304 valence electrons. The summed E-state index contributed by atoms with van der Waals surface area (Å²) in [4.78, 5) is 70.9. The van der Waals surface area contributed by atoms with Gasteiger partial charge in [-0.3, -0.25) is 39.5 Å². The van der Waals surface area contributed by atoms with Crippen molar-refractivity contribution in [1.29, 1.82) is 0 Å². The first-order valence-electron chi connectivity index (χ1n) is 17.6. The van der Waals surface area contributed by atoms with Crippen LogP contribution in [0, 0.1) is 20.2 Å². The normalized spacial score (nSPS) is 10.2. The lowest BCUT2D eigenvalue weighted by molar-refractivity contribution is -0.385. The zero-order chi connectivity index (χ0) is 42.9. The van der Waals surface area contributed by atoms with Crippen molar-refractivity contribution in [2.24, 2.45) is 0 Å². The van der Waals surface area contributed by atoms with Gasteiger partial charge in [-0.05, 0) is 41.0 Å². The summed E-state index contributed by atoms with van der Waals surface area (Å²) in [6.45, 7) is 0.438. The van der Waals surface area contributed by atoms with Gasteiger partial charge in [0, 0.05) is 54.0 Å². The minimum absolute atomic E-state index is 0.00822. The molecule has 0 atom stereocenters. The highest BCUT2D eigenvalue weighted by Crippen LogP contribution is 2.22. The summed E-state index contributed by atoms with van der Waals surface area (Å²) in [5.74, 6) is 0.193. The van der Waals surface area contributed by atoms with E-state index in [1.807, 2.05) is 60.7 Å². The van der Waals surface area contributed by atoms with E-state index in [2.05, 4.69) is 41.2 Å². The van der Waals surface area contributed by atoms with E-state index in [9.17, 15) is 34.6 Å². The number of carbonyl (C=O) groups is 3. The summed E-state index contributed by atoms with van der Waals surface area (Å²) in [6, 6.07) is 30.6. The number of fused-ring (bicyclic) bond motifs is 1. The van der Waals surface area contributed by atoms with Gasteiger partial charge in [0.05, 0.1) is 45.4 Å². The zero-order valence-corrected chi connectivity index (χ0v) is 33.0. The van der Waals surface area contributed by atoms with E-state index >= 15 is 0 Å². The number of carbonyl (C=O) groups excluding carboxylic acids is 3. The Balaban J connectivity index is 0.000000188. The molecular weight excluding hydrogens is 842 g/mol. The highest BCUT2D eigenvalue weighted by atomic mass is 79.9. The third-order valence-corrected chi connectivity index (χ3v) is 8.49. The van der Waals surface area contributed by atoms with Crippen molar-refractivity contribution < 1.29 is 33.7 Å². The smallest absolute Gasteiger partial charge is 0.412 e. The van der Waals surface area contributed by atoms with Crippen LogP contribution in [-0.2, 0) is 33.9 Å². The monoisotopic (exact) mass is 875 g/mol. The van der Waals surface area contributed by atoms with E-state index in [4.69, 9.17) is 15.2 Å². The Kier molecular flexibility index (Phi) is 15.5. The molecule has 0 radical (unpaired) electrons. The Bertz CT molecular complexity index is 2540. The maximum Gasteiger partial charge on any atom is 0.412 e. The molecule has 1 amide bonds. The fraction of sp³-hybridized carbons (Fsp3) is 0.0976. The van der Waals surface area contributed by atoms with Crippen LogP contribution in [0.3, 0.4) is 0 Å². The summed E-state index contributed by atoms with van der Waals surface area (Å²) in [6.07, 6.45) is 7.48. The van der Waals surface area contributed by atoms with Crippen LogP contribution in [0.25, 0.3) is 17.0 Å². The number of benzene rings is 4. The predicted octanol–water partition coefficient (Wildman–Crippen LogP) is 7.57. The molecule has 60 heavy (non-hydrogen) atoms. The van der Waals surface area contributed by atoms with E-state index in [1.54, 1.807) is 35.1 Å². The van der Waals surface area contributed by atoms with Gasteiger partial charge in [-0.2, -0.15) is 0 Å². The molecule has 3 aromatic heterocycles. The lowest BCUT2D eigenvalue weighted by atomic mass is 10.1. The molecule has 19 heteroatoms. The first-order valence-corrected chi connectivity index (χ1v) is 18.8. The Labute approximate surface area is 349 Å². The predicted molar refractivity (Wildman–Crippen MR) is 223 cm³/mol. The van der Waals surface area contributed by atoms with Gasteiger partial charge in [0.15, 0.2) is 5.78 Å². The first kappa shape index (κ1) is 43.2. The van der Waals surface area contributed by atoms with Crippen LogP contribution in [0.15, 0.2) is 140 Å². The average Bonchev–Trinajstić information content (AvgIpc) is 3.70. The number of aromatic nitrogens is 5. The highest BCUT2D eigenvalue weighted by Gasteiger charge is 2.12. The molecule has 0 aliphatic heterocycles. The number of nitro benzene ring substituents is 2. The number of imidazole rings is 1. The third kappa shape index (κ3) is 13.3. The van der Waals surface area contributed by atoms with Gasteiger partial charge < -0.3 is 15.2 Å². The van der Waals surface area contributed by atoms with Crippen molar-refractivity contribution in [3.63, 3.8) is 0 Å². The van der Waals surface area contributed by atoms with E-state index in [0.717, 1.165) is 16.7 Å². The van der Waals surface area contributed by atoms with Gasteiger partial charge >= 0.3 is 12.1 Å². The third-order valence-electron chi connectivity index (χ3n) is 7.98. The van der Waals surface area contributed by atoms with Crippen LogP contribution in [0.1, 0.15) is 27.0 Å². The number of ketones is 1. The molecule has 0 aliphatic rings. The fourth-order valence-electron chi connectivity index (χ4n) is 4.99. The zero-order valence-electron chi connectivity index (χ0n) is 31.4. The SMILES string of the molecule is Nc1ncc(NC(=O)OCc2ccccc2)cn1.O=C(CBr)c1ccc([N+](=O)[O-])cc1.O=C(Cc1cnc2nc(-c3ccc([N+](=O)[O-])cc3)cn2c1)OCc1ccccc1. The molecule has 0 aliphatic carbocycles. The summed E-state index contributed by atoms with van der Waals surface area (Å²) in [7, 11) is 0. The first-order chi connectivity index (χ1) is 29.0. The molecule has 0 unspecified atom stereocenters. The molecule has 0 saturated carbocycles. The summed E-state index contributed by atoms with van der Waals surface area (Å²) in [5.41, 5.74) is 10.2. The minimum atomic E-state index is -0.563. The van der Waals surface area contributed by atoms with Crippen LogP contribution >= 0.6 is 15.9 Å². The van der Waals surface area contributed by atoms with Crippen molar-refractivity contribution in [2.45, 2.75) is 19.6 Å². The second-order valence-corrected chi connectivity index (χ2v) is 12.9. The Morgan fingerprint density at radius 2 is 1.25 bits per heavy atom. The summed E-state index contributed by atoms with van der Waals surface area (Å²) < 4.78 is 12.0. The standard InChI is InChI=1S/C21H16N4O4.C12H12N4O2.C8H6BrNO3/c26-20(29-14-15-4-2-1-3-5-15)10-16-11-22-21-23-19(13-24(21)12-16)17-6-8-18(9-7-17)25(27)28;13-11-14-6-10(7-15-11)16-12(17)18-8-9-4-2-1-3-5-9;9-5-8(11)6-1-3-7(4-2-6)10(12)13/h1-9,11-13H,10,14H2;1-7H,8H2,(H,16,17)(H2,13,14,15);1-4H,5H2. The molecule has 0 fully saturated rings. The van der Waals surface area contributed by atoms with Gasteiger partial charge in [-0.15, -0.1) is 0 Å². The number of hydrogen-bond acceptors (Lipinski definition) is 14. The van der Waals surface area contributed by atoms with E-state index in [-0.39, 0.29) is 54.0 Å². The van der Waals surface area contributed by atoms with Crippen molar-refractivity contribution in [1.82, 2.24) is 24.3 Å². The van der Waals surface area contributed by atoms with Crippen molar-refractivity contribution >= 4 is 62.6 Å². The Hall–Kier alpha value is -7.93. The number of ether oxygens (including phenoxy) is 2. The number of non-ortho nitro benzene ring substituents is 2. The second-order valence-electron chi connectivity index (χ2n) is 12.3. The maximum atomic E-state index is 12.1. The largest absolute Gasteiger partial charge is 0.461 e. The van der Waals surface area contributed by atoms with Gasteiger partial charge in [0.25, 0.3) is 11.4 Å². The average molecular weight is 877 g/mol. The van der Waals surface area contributed by atoms with Crippen LogP contribution in [0.5, 0.6) is 0 Å². The lowest BCUT2D eigenvalue weighted by Gasteiger charge is -2.06. The molecule has 18 nitrogen and oxygen atoms in total. The molecule has 4 aromatic carbocycles. The molecule has 3 heterocycles. The molecule has 7 aromatic rings. The number of nitrogens with two attached hydrogens (primary N) is 1. The molecule has 3 N–H and O–H groups in total. The lowest BCUT2D eigenvalue weighted by Crippen LogP contribution is -2.14. The van der Waals surface area contributed by atoms with Gasteiger partial charge in [-0.25, -0.2) is 24.7 Å². The van der Waals surface area contributed by atoms with E-state index in [0.29, 0.717) is 28.3 Å². The Morgan fingerprint density at radius 1 is 0.700 bits per heavy atom. The number of Topliss-reactive ketones (excluding diaryl/α,β-unsaturated/α-hetero) is 1. The number of esters is 1. The Morgan fingerprint density at radius 3 is 1.80 bits per heavy atom. The summed E-state index contributed by atoms with van der Waals surface area (Å²) in [5, 5.41) is 23.8. The number of nitro groups is 2. The number of nitrogens with one attached hydrogen (secondary N) is 1. The number of halogens is 1. The highest BCUT2D eigenvalue weighted by molar-refractivity contribution is 9.09. The number of nitrogen functional groups attached to an aromatic ring is 1. The summed E-state index contributed by atoms with van der Waals surface area (Å²) >= 11 is 3.02. The van der Waals surface area contributed by atoms with Gasteiger partial charge in [0.2, 0.25) is 11.7 Å². The van der Waals surface area contributed by atoms with Crippen LogP contribution in [0.4, 0.5) is 27.8 Å². The molecule has 7 rings (SSSR count). The molecule has 0 saturated heterocycles. The van der Waals surface area contributed by atoms with Gasteiger partial charge in [0.1, 0.15) is 13.2 Å². The maximum absolute atomic E-state index is 12.1. The van der Waals surface area contributed by atoms with Gasteiger partial charge in [-0.1, -0.05) is 76.6 Å². The molecule has 0 bridgehead atoms. The number of amides is 1. The van der Waals surface area contributed by atoms with Crippen molar-refractivity contribution in [2.75, 3.05) is 16.4 Å². The number of rotatable bonds is 12. The van der Waals surface area contributed by atoms with Crippen LogP contribution in [0.2, 0.25) is 0 Å². The number of anilines is 2. The van der Waals surface area contributed by atoms with E-state index < -0.39 is 15.9 Å². The fourth-order valence-corrected chi connectivity index (χ4v) is 5.32. The number of hydrogen-bond donors (Lipinski definition) is 2. The number of nitrogens with zero attached hydrogens (tertiary/aromatic N) is 7. The van der Waals surface area contributed by atoms with Crippen LogP contribution < -0.4 is 11.1 Å². The van der Waals surface area contributed by atoms with Crippen molar-refractivity contribution in [3.05, 3.63) is 183 Å². The van der Waals surface area contributed by atoms with Crippen LogP contribution in [-0.4, -0.2) is 57.4 Å². The quantitative estimate of drug-likeness (QED) is 0.0395. The topological polar surface area (TPSA) is 250 Å². The second kappa shape index (κ2) is 21.6.